The minimum absolute atomic E-state index is 0.216. The van der Waals surface area contributed by atoms with Crippen LogP contribution in [0, 0.1) is 5.82 Å². The normalized spacial score (nSPS) is 12.6. The summed E-state index contributed by atoms with van der Waals surface area (Å²) in [4.78, 5) is 0. The van der Waals surface area contributed by atoms with E-state index in [4.69, 9.17) is 17.3 Å². The van der Waals surface area contributed by atoms with Crippen molar-refractivity contribution in [2.45, 2.75) is 77.2 Å². The molecule has 1 aromatic carbocycles. The van der Waals surface area contributed by atoms with Crippen molar-refractivity contribution in [3.05, 3.63) is 34.6 Å². The molecular formula is C18H29ClFN. The topological polar surface area (TPSA) is 26.0 Å². The van der Waals surface area contributed by atoms with E-state index in [1.54, 1.807) is 12.1 Å². The minimum Gasteiger partial charge on any atom is -0.324 e. The van der Waals surface area contributed by atoms with Gasteiger partial charge in [-0.15, -0.1) is 0 Å². The molecule has 0 saturated heterocycles. The third-order valence-corrected chi connectivity index (χ3v) is 4.22. The van der Waals surface area contributed by atoms with Gasteiger partial charge in [0.1, 0.15) is 5.82 Å². The van der Waals surface area contributed by atoms with Crippen molar-refractivity contribution in [3.8, 4) is 0 Å². The van der Waals surface area contributed by atoms with Crippen LogP contribution in [0.15, 0.2) is 18.2 Å². The van der Waals surface area contributed by atoms with Crippen LogP contribution in [0.5, 0.6) is 0 Å². The second-order valence-electron chi connectivity index (χ2n) is 5.89. The first-order valence-electron chi connectivity index (χ1n) is 8.35. The Kier molecular flexibility index (Phi) is 9.69. The SMILES string of the molecule is CCCCCCCCCCCC(N)c1ccc(Cl)cc1F. The van der Waals surface area contributed by atoms with Gasteiger partial charge in [0, 0.05) is 16.6 Å². The molecule has 1 unspecified atom stereocenters. The van der Waals surface area contributed by atoms with Gasteiger partial charge in [0.05, 0.1) is 0 Å². The van der Waals surface area contributed by atoms with E-state index in [0.717, 1.165) is 12.8 Å². The maximum absolute atomic E-state index is 13.7. The number of rotatable bonds is 11. The summed E-state index contributed by atoms with van der Waals surface area (Å²) in [6.07, 6.45) is 12.4. The highest BCUT2D eigenvalue weighted by atomic mass is 35.5. The second kappa shape index (κ2) is 11.0. The van der Waals surface area contributed by atoms with Crippen LogP contribution in [0.2, 0.25) is 5.02 Å². The molecule has 0 radical (unpaired) electrons. The van der Waals surface area contributed by atoms with E-state index in [1.165, 1.54) is 57.4 Å². The van der Waals surface area contributed by atoms with Crippen molar-refractivity contribution in [1.29, 1.82) is 0 Å². The number of hydrogen-bond acceptors (Lipinski definition) is 1. The third kappa shape index (κ3) is 7.82. The monoisotopic (exact) mass is 313 g/mol. The van der Waals surface area contributed by atoms with Crippen LogP contribution in [-0.4, -0.2) is 0 Å². The van der Waals surface area contributed by atoms with Crippen molar-refractivity contribution in [1.82, 2.24) is 0 Å². The molecule has 0 spiro atoms. The van der Waals surface area contributed by atoms with Crippen LogP contribution in [-0.2, 0) is 0 Å². The summed E-state index contributed by atoms with van der Waals surface area (Å²) in [7, 11) is 0. The van der Waals surface area contributed by atoms with E-state index >= 15 is 0 Å². The van der Waals surface area contributed by atoms with E-state index in [9.17, 15) is 4.39 Å². The van der Waals surface area contributed by atoms with Gasteiger partial charge in [-0.25, -0.2) is 4.39 Å². The highest BCUT2D eigenvalue weighted by Crippen LogP contribution is 2.23. The average molecular weight is 314 g/mol. The number of nitrogens with two attached hydrogens (primary N) is 1. The van der Waals surface area contributed by atoms with Gasteiger partial charge in [0.25, 0.3) is 0 Å². The predicted octanol–water partition coefficient (Wildman–Crippen LogP) is 6.40. The molecule has 1 atom stereocenters. The van der Waals surface area contributed by atoms with Crippen LogP contribution in [0.25, 0.3) is 0 Å². The van der Waals surface area contributed by atoms with Crippen LogP contribution in [0.4, 0.5) is 4.39 Å². The minimum atomic E-state index is -0.286. The molecule has 21 heavy (non-hydrogen) atoms. The predicted molar refractivity (Wildman–Crippen MR) is 90.2 cm³/mol. The molecule has 0 saturated carbocycles. The van der Waals surface area contributed by atoms with Gasteiger partial charge in [-0.3, -0.25) is 0 Å². The Morgan fingerprint density at radius 1 is 1.00 bits per heavy atom. The second-order valence-corrected chi connectivity index (χ2v) is 6.33. The molecule has 0 bridgehead atoms. The van der Waals surface area contributed by atoms with Crippen molar-refractivity contribution in [2.24, 2.45) is 5.73 Å². The Bertz CT molecular complexity index is 395. The molecule has 0 amide bonds. The van der Waals surface area contributed by atoms with Gasteiger partial charge in [-0.1, -0.05) is 82.4 Å². The first-order chi connectivity index (χ1) is 10.1. The molecule has 0 aliphatic rings. The Morgan fingerprint density at radius 2 is 1.57 bits per heavy atom. The lowest BCUT2D eigenvalue weighted by Crippen LogP contribution is -2.12. The molecule has 1 rings (SSSR count). The average Bonchev–Trinajstić information content (AvgIpc) is 2.45. The van der Waals surface area contributed by atoms with Crippen molar-refractivity contribution >= 4 is 11.6 Å². The maximum atomic E-state index is 13.7. The molecule has 120 valence electrons. The molecule has 1 nitrogen and oxygen atoms in total. The summed E-state index contributed by atoms with van der Waals surface area (Å²) in [5, 5.41) is 0.423. The number of unbranched alkanes of at least 4 members (excludes halogenated alkanes) is 8. The van der Waals surface area contributed by atoms with E-state index in [-0.39, 0.29) is 11.9 Å². The fraction of sp³-hybridized carbons (Fsp3) is 0.667. The lowest BCUT2D eigenvalue weighted by atomic mass is 9.99. The van der Waals surface area contributed by atoms with Gasteiger partial charge in [0.2, 0.25) is 0 Å². The first kappa shape index (κ1) is 18.4. The van der Waals surface area contributed by atoms with Crippen LogP contribution in [0.1, 0.15) is 82.7 Å². The van der Waals surface area contributed by atoms with E-state index < -0.39 is 0 Å². The summed E-state index contributed by atoms with van der Waals surface area (Å²) < 4.78 is 13.7. The smallest absolute Gasteiger partial charge is 0.129 e. The number of hydrogen-bond donors (Lipinski definition) is 1. The lowest BCUT2D eigenvalue weighted by Gasteiger charge is -2.13. The number of halogens is 2. The van der Waals surface area contributed by atoms with Crippen molar-refractivity contribution in [2.75, 3.05) is 0 Å². The molecule has 0 aliphatic carbocycles. The van der Waals surface area contributed by atoms with Crippen LogP contribution in [0.3, 0.4) is 0 Å². The van der Waals surface area contributed by atoms with E-state index in [0.29, 0.717) is 10.6 Å². The summed E-state index contributed by atoms with van der Waals surface area (Å²) in [6.45, 7) is 2.24. The summed E-state index contributed by atoms with van der Waals surface area (Å²) in [6, 6.07) is 4.53. The van der Waals surface area contributed by atoms with Crippen molar-refractivity contribution < 1.29 is 4.39 Å². The van der Waals surface area contributed by atoms with Crippen LogP contribution >= 0.6 is 11.6 Å². The molecule has 3 heteroatoms. The highest BCUT2D eigenvalue weighted by molar-refractivity contribution is 6.30. The lowest BCUT2D eigenvalue weighted by molar-refractivity contribution is 0.516. The largest absolute Gasteiger partial charge is 0.324 e. The molecule has 0 heterocycles. The summed E-state index contributed by atoms with van der Waals surface area (Å²) in [5.74, 6) is -0.286. The Balaban J connectivity index is 2.09. The zero-order valence-electron chi connectivity index (χ0n) is 13.2. The van der Waals surface area contributed by atoms with Crippen molar-refractivity contribution in [3.63, 3.8) is 0 Å². The Labute approximate surface area is 134 Å². The highest BCUT2D eigenvalue weighted by Gasteiger charge is 2.11. The van der Waals surface area contributed by atoms with E-state index in [1.807, 2.05) is 0 Å². The number of benzene rings is 1. The zero-order chi connectivity index (χ0) is 15.5. The maximum Gasteiger partial charge on any atom is 0.129 e. The first-order valence-corrected chi connectivity index (χ1v) is 8.73. The van der Waals surface area contributed by atoms with Gasteiger partial charge < -0.3 is 5.73 Å². The van der Waals surface area contributed by atoms with Gasteiger partial charge in [-0.05, 0) is 18.6 Å². The van der Waals surface area contributed by atoms with Crippen LogP contribution < -0.4 is 5.73 Å². The molecule has 0 aliphatic heterocycles. The molecule has 0 fully saturated rings. The molecular weight excluding hydrogens is 285 g/mol. The standard InChI is InChI=1S/C18H29ClFN/c1-2-3-4-5-6-7-8-9-10-11-18(21)16-13-12-15(19)14-17(16)20/h12-14,18H,2-11,21H2,1H3. The quantitative estimate of drug-likeness (QED) is 0.470. The van der Waals surface area contributed by atoms with Gasteiger partial charge in [0.15, 0.2) is 0 Å². The Hall–Kier alpha value is -0.600. The molecule has 2 N–H and O–H groups in total. The fourth-order valence-corrected chi connectivity index (χ4v) is 2.79. The summed E-state index contributed by atoms with van der Waals surface area (Å²) >= 11 is 5.75. The summed E-state index contributed by atoms with van der Waals surface area (Å²) in [5.41, 5.74) is 6.64. The third-order valence-electron chi connectivity index (χ3n) is 3.98. The van der Waals surface area contributed by atoms with Gasteiger partial charge >= 0.3 is 0 Å². The fourth-order valence-electron chi connectivity index (χ4n) is 2.63. The van der Waals surface area contributed by atoms with Gasteiger partial charge in [-0.2, -0.15) is 0 Å². The molecule has 0 aromatic heterocycles. The Morgan fingerprint density at radius 3 is 2.14 bits per heavy atom. The zero-order valence-corrected chi connectivity index (χ0v) is 14.0. The molecule has 1 aromatic rings. The van der Waals surface area contributed by atoms with E-state index in [2.05, 4.69) is 6.92 Å².